The molecule has 1 amide bonds. The highest BCUT2D eigenvalue weighted by Gasteiger charge is 2.28. The minimum Gasteiger partial charge on any atom is -0.337 e. The molecule has 1 unspecified atom stereocenters. The Morgan fingerprint density at radius 2 is 1.94 bits per heavy atom. The van der Waals surface area contributed by atoms with E-state index >= 15 is 0 Å². The van der Waals surface area contributed by atoms with Crippen LogP contribution in [0.25, 0.3) is 0 Å². The fourth-order valence-electron chi connectivity index (χ4n) is 2.69. The lowest BCUT2D eigenvalue weighted by molar-refractivity contribution is -0.128. The van der Waals surface area contributed by atoms with Crippen LogP contribution in [0.4, 0.5) is 0 Å². The van der Waals surface area contributed by atoms with E-state index in [0.29, 0.717) is 19.5 Å². The molecule has 0 aliphatic carbocycles. The first-order valence-electron chi connectivity index (χ1n) is 6.32. The summed E-state index contributed by atoms with van der Waals surface area (Å²) in [5.41, 5.74) is 5.03. The van der Waals surface area contributed by atoms with E-state index in [1.165, 1.54) is 22.3 Å². The van der Waals surface area contributed by atoms with Gasteiger partial charge in [0.15, 0.2) is 0 Å². The van der Waals surface area contributed by atoms with Crippen LogP contribution in [0, 0.1) is 39.0 Å². The van der Waals surface area contributed by atoms with E-state index in [0.717, 1.165) is 0 Å². The molecular weight excluding hydrogens is 222 g/mol. The monoisotopic (exact) mass is 241 g/mol. The van der Waals surface area contributed by atoms with Crippen LogP contribution in [0.5, 0.6) is 0 Å². The summed E-state index contributed by atoms with van der Waals surface area (Å²) >= 11 is 0. The number of rotatable bonds is 2. The summed E-state index contributed by atoms with van der Waals surface area (Å²) < 4.78 is 0. The lowest BCUT2D eigenvalue weighted by Crippen LogP contribution is -2.25. The molecule has 0 bridgehead atoms. The fraction of sp³-hybridized carbons (Fsp3) is 0.438. The fourth-order valence-corrected chi connectivity index (χ4v) is 2.69. The summed E-state index contributed by atoms with van der Waals surface area (Å²) in [6.45, 7) is 7.69. The maximum absolute atomic E-state index is 11.9. The lowest BCUT2D eigenvalue weighted by Gasteiger charge is -2.19. The van der Waals surface area contributed by atoms with Crippen molar-refractivity contribution in [3.8, 4) is 12.3 Å². The third-order valence-corrected chi connectivity index (χ3v) is 3.64. The first-order valence-corrected chi connectivity index (χ1v) is 6.32. The average molecular weight is 241 g/mol. The average Bonchev–Trinajstić information content (AvgIpc) is 2.64. The Kier molecular flexibility index (Phi) is 3.43. The second kappa shape index (κ2) is 4.86. The van der Waals surface area contributed by atoms with Crippen molar-refractivity contribution in [3.05, 3.63) is 34.4 Å². The SMILES string of the molecule is C#CC1CC(=O)N(Cc2c(C)cc(C)cc2C)C1. The van der Waals surface area contributed by atoms with Crippen LogP contribution in [0.2, 0.25) is 0 Å². The summed E-state index contributed by atoms with van der Waals surface area (Å²) in [6, 6.07) is 4.34. The third-order valence-electron chi connectivity index (χ3n) is 3.64. The summed E-state index contributed by atoms with van der Waals surface area (Å²) in [5.74, 6) is 2.95. The van der Waals surface area contributed by atoms with Crippen LogP contribution in [0.1, 0.15) is 28.7 Å². The van der Waals surface area contributed by atoms with Gasteiger partial charge in [0.25, 0.3) is 0 Å². The zero-order valence-corrected chi connectivity index (χ0v) is 11.3. The highest BCUT2D eigenvalue weighted by Crippen LogP contribution is 2.23. The molecule has 1 aromatic rings. The van der Waals surface area contributed by atoms with Gasteiger partial charge < -0.3 is 4.90 Å². The predicted molar refractivity (Wildman–Crippen MR) is 73.0 cm³/mol. The largest absolute Gasteiger partial charge is 0.337 e. The van der Waals surface area contributed by atoms with Crippen molar-refractivity contribution in [2.75, 3.05) is 6.54 Å². The topological polar surface area (TPSA) is 20.3 Å². The molecule has 0 aromatic heterocycles. The normalized spacial score (nSPS) is 19.1. The van der Waals surface area contributed by atoms with Gasteiger partial charge in [0.2, 0.25) is 5.91 Å². The number of aryl methyl sites for hydroxylation is 3. The Morgan fingerprint density at radius 3 is 2.44 bits per heavy atom. The van der Waals surface area contributed by atoms with Gasteiger partial charge in [0.1, 0.15) is 0 Å². The van der Waals surface area contributed by atoms with Gasteiger partial charge in [0.05, 0.1) is 0 Å². The van der Waals surface area contributed by atoms with Crippen LogP contribution in [0.15, 0.2) is 12.1 Å². The number of terminal acetylenes is 1. The maximum Gasteiger partial charge on any atom is 0.224 e. The highest BCUT2D eigenvalue weighted by molar-refractivity contribution is 5.79. The number of carbonyl (C=O) groups is 1. The Morgan fingerprint density at radius 1 is 1.33 bits per heavy atom. The first kappa shape index (κ1) is 12.7. The zero-order valence-electron chi connectivity index (χ0n) is 11.3. The van der Waals surface area contributed by atoms with E-state index in [2.05, 4.69) is 38.8 Å². The molecule has 1 fully saturated rings. The van der Waals surface area contributed by atoms with Gasteiger partial charge in [-0.25, -0.2) is 0 Å². The molecule has 2 heteroatoms. The van der Waals surface area contributed by atoms with E-state index in [-0.39, 0.29) is 11.8 Å². The molecule has 2 nitrogen and oxygen atoms in total. The number of nitrogens with zero attached hydrogens (tertiary/aromatic N) is 1. The molecule has 2 rings (SSSR count). The molecule has 1 aliphatic rings. The highest BCUT2D eigenvalue weighted by atomic mass is 16.2. The minimum atomic E-state index is 0.0866. The lowest BCUT2D eigenvalue weighted by atomic mass is 9.99. The molecule has 1 aromatic carbocycles. The summed E-state index contributed by atoms with van der Waals surface area (Å²) in [7, 11) is 0. The summed E-state index contributed by atoms with van der Waals surface area (Å²) in [6.07, 6.45) is 5.90. The van der Waals surface area contributed by atoms with Gasteiger partial charge in [-0.3, -0.25) is 4.79 Å². The molecule has 0 spiro atoms. The number of benzene rings is 1. The Bertz CT molecular complexity index is 501. The number of amides is 1. The van der Waals surface area contributed by atoms with Crippen LogP contribution in [-0.4, -0.2) is 17.4 Å². The second-order valence-electron chi connectivity index (χ2n) is 5.22. The molecule has 0 N–H and O–H groups in total. The van der Waals surface area contributed by atoms with Gasteiger partial charge in [-0.2, -0.15) is 0 Å². The van der Waals surface area contributed by atoms with Crippen molar-refractivity contribution in [1.29, 1.82) is 0 Å². The number of hydrogen-bond donors (Lipinski definition) is 0. The molecule has 18 heavy (non-hydrogen) atoms. The molecule has 94 valence electrons. The number of carbonyl (C=O) groups excluding carboxylic acids is 1. The molecule has 1 heterocycles. The van der Waals surface area contributed by atoms with Crippen LogP contribution in [-0.2, 0) is 11.3 Å². The number of hydrogen-bond acceptors (Lipinski definition) is 1. The van der Waals surface area contributed by atoms with Gasteiger partial charge in [-0.1, -0.05) is 17.7 Å². The first-order chi connectivity index (χ1) is 8.51. The Hall–Kier alpha value is -1.75. The van der Waals surface area contributed by atoms with Gasteiger partial charge >= 0.3 is 0 Å². The van der Waals surface area contributed by atoms with E-state index in [1.54, 1.807) is 0 Å². The maximum atomic E-state index is 11.9. The molecule has 0 radical (unpaired) electrons. The number of likely N-dealkylation sites (tertiary alicyclic amines) is 1. The van der Waals surface area contributed by atoms with Crippen LogP contribution in [0.3, 0.4) is 0 Å². The second-order valence-corrected chi connectivity index (χ2v) is 5.22. The summed E-state index contributed by atoms with van der Waals surface area (Å²) in [5, 5.41) is 0. The van der Waals surface area contributed by atoms with E-state index in [4.69, 9.17) is 6.42 Å². The van der Waals surface area contributed by atoms with Gasteiger partial charge in [0, 0.05) is 25.4 Å². The molecule has 1 aliphatic heterocycles. The van der Waals surface area contributed by atoms with E-state index in [9.17, 15) is 4.79 Å². The van der Waals surface area contributed by atoms with Crippen LogP contribution >= 0.6 is 0 Å². The smallest absolute Gasteiger partial charge is 0.224 e. The van der Waals surface area contributed by atoms with Gasteiger partial charge in [-0.05, 0) is 37.5 Å². The summed E-state index contributed by atoms with van der Waals surface area (Å²) in [4.78, 5) is 13.8. The Labute approximate surface area is 109 Å². The van der Waals surface area contributed by atoms with Crippen molar-refractivity contribution >= 4 is 5.91 Å². The zero-order chi connectivity index (χ0) is 13.3. The predicted octanol–water partition coefficient (Wildman–Crippen LogP) is 2.59. The standard InChI is InChI=1S/C16H19NO/c1-5-14-8-16(18)17(9-14)10-15-12(3)6-11(2)7-13(15)4/h1,6-7,14H,8-10H2,2-4H3. The van der Waals surface area contributed by atoms with E-state index in [1.807, 2.05) is 4.90 Å². The quantitative estimate of drug-likeness (QED) is 0.729. The van der Waals surface area contributed by atoms with Crippen molar-refractivity contribution < 1.29 is 4.79 Å². The Balaban J connectivity index is 2.21. The van der Waals surface area contributed by atoms with Crippen LogP contribution < -0.4 is 0 Å². The van der Waals surface area contributed by atoms with Crippen molar-refractivity contribution in [2.45, 2.75) is 33.7 Å². The molecular formula is C16H19NO. The van der Waals surface area contributed by atoms with Gasteiger partial charge in [-0.15, -0.1) is 12.3 Å². The molecule has 1 saturated heterocycles. The third kappa shape index (κ3) is 2.41. The van der Waals surface area contributed by atoms with Crippen molar-refractivity contribution in [1.82, 2.24) is 4.90 Å². The van der Waals surface area contributed by atoms with Crippen molar-refractivity contribution in [3.63, 3.8) is 0 Å². The minimum absolute atomic E-state index is 0.0866. The van der Waals surface area contributed by atoms with Crippen molar-refractivity contribution in [2.24, 2.45) is 5.92 Å². The van der Waals surface area contributed by atoms with E-state index < -0.39 is 0 Å². The molecule has 1 atom stereocenters. The molecule has 0 saturated carbocycles.